The predicted octanol–water partition coefficient (Wildman–Crippen LogP) is 2.46. The number of imidazole rings is 1. The number of rotatable bonds is 2. The fourth-order valence-corrected chi connectivity index (χ4v) is 2.37. The molecule has 0 aromatic carbocycles. The van der Waals surface area contributed by atoms with Crippen LogP contribution in [-0.4, -0.2) is 29.7 Å². The van der Waals surface area contributed by atoms with Gasteiger partial charge in [-0.1, -0.05) is 11.2 Å². The van der Waals surface area contributed by atoms with Gasteiger partial charge in [0.1, 0.15) is 17.0 Å². The Kier molecular flexibility index (Phi) is 2.72. The van der Waals surface area contributed by atoms with Crippen LogP contribution in [0, 0.1) is 13.8 Å². The zero-order chi connectivity index (χ0) is 15.1. The summed E-state index contributed by atoms with van der Waals surface area (Å²) in [5.74, 6) is 0.821. The van der Waals surface area contributed by atoms with Gasteiger partial charge < -0.3 is 4.52 Å². The number of fused-ring (bicyclic) bond motifs is 1. The first-order valence-corrected chi connectivity index (χ1v) is 6.80. The maximum absolute atomic E-state index is 5.40. The van der Waals surface area contributed by atoms with Crippen molar-refractivity contribution in [3.8, 4) is 23.1 Å². The topological polar surface area (TPSA) is 82.0 Å². The summed E-state index contributed by atoms with van der Waals surface area (Å²) in [5, 5.41) is 11.8. The first-order chi connectivity index (χ1) is 10.7. The Hall–Kier alpha value is -3.09. The zero-order valence-electron chi connectivity index (χ0n) is 12.1. The van der Waals surface area contributed by atoms with E-state index in [9.17, 15) is 0 Å². The van der Waals surface area contributed by atoms with E-state index in [0.29, 0.717) is 17.4 Å². The highest BCUT2D eigenvalue weighted by molar-refractivity contribution is 5.62. The molecule has 4 aromatic rings. The molecule has 0 unspecified atom stereocenters. The summed E-state index contributed by atoms with van der Waals surface area (Å²) in [6.07, 6.45) is 3.60. The smallest absolute Gasteiger partial charge is 0.277 e. The van der Waals surface area contributed by atoms with E-state index in [4.69, 9.17) is 4.52 Å². The molecule has 0 aliphatic carbocycles. The predicted molar refractivity (Wildman–Crippen MR) is 79.0 cm³/mol. The van der Waals surface area contributed by atoms with E-state index in [1.54, 1.807) is 18.3 Å². The van der Waals surface area contributed by atoms with Gasteiger partial charge >= 0.3 is 0 Å². The van der Waals surface area contributed by atoms with E-state index in [1.807, 2.05) is 36.6 Å². The van der Waals surface area contributed by atoms with Gasteiger partial charge in [0.2, 0.25) is 5.82 Å². The van der Waals surface area contributed by atoms with Crippen molar-refractivity contribution in [1.82, 2.24) is 29.7 Å². The molecule has 0 amide bonds. The van der Waals surface area contributed by atoms with Gasteiger partial charge in [0.25, 0.3) is 5.89 Å². The number of nitrogens with zero attached hydrogens (tertiary/aromatic N) is 6. The maximum atomic E-state index is 5.40. The van der Waals surface area contributed by atoms with Crippen LogP contribution in [0.2, 0.25) is 0 Å². The minimum atomic E-state index is 0.408. The highest BCUT2D eigenvalue weighted by Gasteiger charge is 2.18. The van der Waals surface area contributed by atoms with Gasteiger partial charge in [0.05, 0.1) is 5.69 Å². The summed E-state index contributed by atoms with van der Waals surface area (Å²) in [6, 6.07) is 7.55. The number of aryl methyl sites for hydroxylation is 2. The second-order valence-electron chi connectivity index (χ2n) is 5.01. The van der Waals surface area contributed by atoms with Crippen LogP contribution in [0.25, 0.3) is 28.8 Å². The molecule has 4 aromatic heterocycles. The average Bonchev–Trinajstić information content (AvgIpc) is 3.11. The van der Waals surface area contributed by atoms with Crippen LogP contribution in [0.5, 0.6) is 0 Å². The number of pyridine rings is 1. The Morgan fingerprint density at radius 1 is 1.09 bits per heavy atom. The molecule has 0 N–H and O–H groups in total. The third-order valence-electron chi connectivity index (χ3n) is 3.37. The molecular formula is C15H12N6O. The van der Waals surface area contributed by atoms with Gasteiger partial charge in [0, 0.05) is 12.4 Å². The highest BCUT2D eigenvalue weighted by atomic mass is 16.5. The van der Waals surface area contributed by atoms with Crippen LogP contribution in [0.3, 0.4) is 0 Å². The number of hydrogen-bond donors (Lipinski definition) is 0. The van der Waals surface area contributed by atoms with E-state index >= 15 is 0 Å². The highest BCUT2D eigenvalue weighted by Crippen LogP contribution is 2.25. The minimum Gasteiger partial charge on any atom is -0.332 e. The summed E-state index contributed by atoms with van der Waals surface area (Å²) >= 11 is 0. The van der Waals surface area contributed by atoms with Crippen molar-refractivity contribution < 1.29 is 4.52 Å². The molecule has 4 rings (SSSR count). The third kappa shape index (κ3) is 1.95. The van der Waals surface area contributed by atoms with Crippen molar-refractivity contribution in [2.45, 2.75) is 13.8 Å². The molecule has 0 saturated heterocycles. The van der Waals surface area contributed by atoms with Crippen molar-refractivity contribution in [3.05, 3.63) is 47.9 Å². The molecule has 7 heteroatoms. The molecule has 7 nitrogen and oxygen atoms in total. The lowest BCUT2D eigenvalue weighted by atomic mass is 10.3. The molecule has 22 heavy (non-hydrogen) atoms. The zero-order valence-corrected chi connectivity index (χ0v) is 12.1. The molecule has 0 radical (unpaired) electrons. The SMILES string of the molecule is Cc1ccc2nc(C)c(-c3nc(-c4cccnn4)no3)n2c1. The van der Waals surface area contributed by atoms with Crippen LogP contribution < -0.4 is 0 Å². The standard InChI is InChI=1S/C15H12N6O/c1-9-5-6-12-17-10(2)13(21(12)8-9)15-18-14(20-22-15)11-4-3-7-16-19-11/h3-8H,1-2H3. The van der Waals surface area contributed by atoms with Crippen LogP contribution in [0.4, 0.5) is 0 Å². The average molecular weight is 292 g/mol. The molecule has 0 fully saturated rings. The minimum absolute atomic E-state index is 0.408. The normalized spacial score (nSPS) is 11.2. The molecular weight excluding hydrogens is 280 g/mol. The Balaban J connectivity index is 1.88. The Morgan fingerprint density at radius 3 is 2.82 bits per heavy atom. The monoisotopic (exact) mass is 292 g/mol. The van der Waals surface area contributed by atoms with Crippen LogP contribution in [-0.2, 0) is 0 Å². The summed E-state index contributed by atoms with van der Waals surface area (Å²) in [4.78, 5) is 8.94. The van der Waals surface area contributed by atoms with Crippen LogP contribution in [0.15, 0.2) is 41.2 Å². The fourth-order valence-electron chi connectivity index (χ4n) is 2.37. The number of hydrogen-bond acceptors (Lipinski definition) is 6. The van der Waals surface area contributed by atoms with Crippen LogP contribution >= 0.6 is 0 Å². The quantitative estimate of drug-likeness (QED) is 0.564. The van der Waals surface area contributed by atoms with Crippen molar-refractivity contribution in [1.29, 1.82) is 0 Å². The van der Waals surface area contributed by atoms with Crippen molar-refractivity contribution in [2.24, 2.45) is 0 Å². The van der Waals surface area contributed by atoms with Gasteiger partial charge in [-0.3, -0.25) is 4.40 Å². The summed E-state index contributed by atoms with van der Waals surface area (Å²) in [7, 11) is 0. The molecule has 0 bridgehead atoms. The van der Waals surface area contributed by atoms with Gasteiger partial charge in [-0.2, -0.15) is 10.1 Å². The Bertz CT molecular complexity index is 957. The Morgan fingerprint density at radius 2 is 2.00 bits per heavy atom. The summed E-state index contributed by atoms with van der Waals surface area (Å²) in [5.41, 5.74) is 4.17. The lowest BCUT2D eigenvalue weighted by Gasteiger charge is -1.99. The summed E-state index contributed by atoms with van der Waals surface area (Å²) in [6.45, 7) is 3.95. The molecule has 0 aliphatic rings. The van der Waals surface area contributed by atoms with Gasteiger partial charge in [0.15, 0.2) is 0 Å². The van der Waals surface area contributed by atoms with E-state index in [2.05, 4.69) is 25.3 Å². The fraction of sp³-hybridized carbons (Fsp3) is 0.133. The van der Waals surface area contributed by atoms with Crippen LogP contribution in [0.1, 0.15) is 11.3 Å². The molecule has 0 aliphatic heterocycles. The van der Waals surface area contributed by atoms with Crippen molar-refractivity contribution >= 4 is 5.65 Å². The molecule has 0 atom stereocenters. The van der Waals surface area contributed by atoms with Gasteiger partial charge in [-0.15, -0.1) is 5.10 Å². The maximum Gasteiger partial charge on any atom is 0.277 e. The molecule has 4 heterocycles. The summed E-state index contributed by atoms with van der Waals surface area (Å²) < 4.78 is 7.36. The molecule has 108 valence electrons. The lowest BCUT2D eigenvalue weighted by molar-refractivity contribution is 0.430. The van der Waals surface area contributed by atoms with E-state index in [-0.39, 0.29) is 0 Å². The second-order valence-corrected chi connectivity index (χ2v) is 5.01. The van der Waals surface area contributed by atoms with E-state index in [1.165, 1.54) is 0 Å². The third-order valence-corrected chi connectivity index (χ3v) is 3.37. The van der Waals surface area contributed by atoms with Crippen molar-refractivity contribution in [2.75, 3.05) is 0 Å². The Labute approximate surface area is 125 Å². The first kappa shape index (κ1) is 12.6. The van der Waals surface area contributed by atoms with Gasteiger partial charge in [-0.05, 0) is 37.6 Å². The molecule has 0 spiro atoms. The number of aromatic nitrogens is 6. The van der Waals surface area contributed by atoms with E-state index in [0.717, 1.165) is 22.6 Å². The van der Waals surface area contributed by atoms with Gasteiger partial charge in [-0.25, -0.2) is 4.98 Å². The van der Waals surface area contributed by atoms with E-state index < -0.39 is 0 Å². The lowest BCUT2D eigenvalue weighted by Crippen LogP contribution is -1.91. The largest absolute Gasteiger partial charge is 0.332 e. The van der Waals surface area contributed by atoms with Crippen molar-refractivity contribution in [3.63, 3.8) is 0 Å². The first-order valence-electron chi connectivity index (χ1n) is 6.80. The second kappa shape index (κ2) is 4.73. The molecule has 0 saturated carbocycles.